The maximum absolute atomic E-state index is 6.19. The molecule has 0 fully saturated rings. The molecule has 20 heavy (non-hydrogen) atoms. The fraction of sp³-hybridized carbons (Fsp3) is 0.667. The van der Waals surface area contributed by atoms with Crippen molar-refractivity contribution in [2.24, 2.45) is 11.7 Å². The molecule has 2 atom stereocenters. The minimum atomic E-state index is 0.217. The summed E-state index contributed by atoms with van der Waals surface area (Å²) in [7, 11) is 0. The lowest BCUT2D eigenvalue weighted by Gasteiger charge is -2.14. The topological polar surface area (TPSA) is 38.0 Å². The number of hydrogen-bond acceptors (Lipinski definition) is 2. The predicted molar refractivity (Wildman–Crippen MR) is 86.7 cm³/mol. The molecule has 3 N–H and O–H groups in total. The first kappa shape index (κ1) is 15.5. The summed E-state index contributed by atoms with van der Waals surface area (Å²) in [4.78, 5) is 0. The number of hydrogen-bond donors (Lipinski definition) is 2. The quantitative estimate of drug-likeness (QED) is 0.693. The summed E-state index contributed by atoms with van der Waals surface area (Å²) < 4.78 is 0. The highest BCUT2D eigenvalue weighted by Crippen LogP contribution is 2.36. The van der Waals surface area contributed by atoms with Crippen molar-refractivity contribution in [2.45, 2.75) is 64.5 Å². The summed E-state index contributed by atoms with van der Waals surface area (Å²) in [5.41, 5.74) is 8.95. The summed E-state index contributed by atoms with van der Waals surface area (Å²) in [5.74, 6) is 0.851. The van der Waals surface area contributed by atoms with Gasteiger partial charge in [-0.05, 0) is 36.4 Å². The first-order valence-corrected chi connectivity index (χ1v) is 8.26. The molecule has 2 nitrogen and oxygen atoms in total. The van der Waals surface area contributed by atoms with Gasteiger partial charge in [0, 0.05) is 12.1 Å². The van der Waals surface area contributed by atoms with E-state index in [0.29, 0.717) is 6.04 Å². The minimum Gasteiger partial charge on any atom is -0.324 e. The van der Waals surface area contributed by atoms with E-state index in [1.807, 2.05) is 0 Å². The summed E-state index contributed by atoms with van der Waals surface area (Å²) in [6.45, 7) is 5.73. The molecular weight excluding hydrogens is 244 g/mol. The van der Waals surface area contributed by atoms with Gasteiger partial charge in [0.2, 0.25) is 0 Å². The molecule has 1 aliphatic carbocycles. The molecule has 0 heterocycles. The largest absolute Gasteiger partial charge is 0.324 e. The normalized spacial score (nSPS) is 21.4. The number of benzene rings is 1. The summed E-state index contributed by atoms with van der Waals surface area (Å²) >= 11 is 0. The van der Waals surface area contributed by atoms with Crippen molar-refractivity contribution < 1.29 is 0 Å². The van der Waals surface area contributed by atoms with Crippen molar-refractivity contribution in [3.05, 3.63) is 35.4 Å². The van der Waals surface area contributed by atoms with Crippen LogP contribution in [0.2, 0.25) is 0 Å². The zero-order valence-corrected chi connectivity index (χ0v) is 13.1. The first-order chi connectivity index (χ1) is 9.68. The van der Waals surface area contributed by atoms with Crippen molar-refractivity contribution >= 4 is 0 Å². The molecular formula is C18H30N2. The van der Waals surface area contributed by atoms with Gasteiger partial charge in [-0.1, -0.05) is 63.8 Å². The van der Waals surface area contributed by atoms with Crippen LogP contribution in [0.5, 0.6) is 0 Å². The van der Waals surface area contributed by atoms with E-state index in [1.54, 1.807) is 0 Å². The van der Waals surface area contributed by atoms with E-state index in [9.17, 15) is 0 Å². The average molecular weight is 274 g/mol. The second-order valence-electron chi connectivity index (χ2n) is 6.57. The van der Waals surface area contributed by atoms with Crippen molar-refractivity contribution in [2.75, 3.05) is 6.54 Å². The van der Waals surface area contributed by atoms with Crippen LogP contribution in [0.15, 0.2) is 24.3 Å². The maximum Gasteiger partial charge on any atom is 0.0341 e. The molecule has 112 valence electrons. The standard InChI is InChI=1S/C18H30N2/c1-14(2)9-5-3-4-8-12-20-18-13-17(19)15-10-6-7-11-16(15)18/h6-7,10-11,14,17-18,20H,3-5,8-9,12-13,19H2,1-2H3. The van der Waals surface area contributed by atoms with Crippen molar-refractivity contribution in [3.8, 4) is 0 Å². The second kappa shape index (κ2) is 7.80. The highest BCUT2D eigenvalue weighted by molar-refractivity contribution is 5.37. The molecule has 0 spiro atoms. The Hall–Kier alpha value is -0.860. The van der Waals surface area contributed by atoms with Gasteiger partial charge in [-0.3, -0.25) is 0 Å². The third-order valence-corrected chi connectivity index (χ3v) is 4.36. The van der Waals surface area contributed by atoms with E-state index >= 15 is 0 Å². The van der Waals surface area contributed by atoms with E-state index < -0.39 is 0 Å². The number of fused-ring (bicyclic) bond motifs is 1. The van der Waals surface area contributed by atoms with Gasteiger partial charge in [0.25, 0.3) is 0 Å². The van der Waals surface area contributed by atoms with Gasteiger partial charge in [0.1, 0.15) is 0 Å². The number of nitrogens with one attached hydrogen (secondary N) is 1. The van der Waals surface area contributed by atoms with Crippen molar-refractivity contribution in [3.63, 3.8) is 0 Å². The average Bonchev–Trinajstić information content (AvgIpc) is 2.75. The minimum absolute atomic E-state index is 0.217. The molecule has 2 unspecified atom stereocenters. The molecule has 0 saturated carbocycles. The van der Waals surface area contributed by atoms with Crippen LogP contribution in [0.1, 0.15) is 75.6 Å². The summed E-state index contributed by atoms with van der Waals surface area (Å²) in [6.07, 6.45) is 7.81. The molecule has 0 amide bonds. The van der Waals surface area contributed by atoms with Gasteiger partial charge < -0.3 is 11.1 Å². The van der Waals surface area contributed by atoms with Crippen LogP contribution in [0.3, 0.4) is 0 Å². The van der Waals surface area contributed by atoms with Gasteiger partial charge in [0.05, 0.1) is 0 Å². The zero-order valence-electron chi connectivity index (χ0n) is 13.1. The smallest absolute Gasteiger partial charge is 0.0341 e. The van der Waals surface area contributed by atoms with Crippen LogP contribution in [0.4, 0.5) is 0 Å². The third kappa shape index (κ3) is 4.32. The zero-order chi connectivity index (χ0) is 14.4. The highest BCUT2D eigenvalue weighted by atomic mass is 14.9. The van der Waals surface area contributed by atoms with Gasteiger partial charge in [-0.15, -0.1) is 0 Å². The Morgan fingerprint density at radius 1 is 1.10 bits per heavy atom. The van der Waals surface area contributed by atoms with Crippen LogP contribution in [0.25, 0.3) is 0 Å². The number of rotatable bonds is 8. The summed E-state index contributed by atoms with van der Waals surface area (Å²) in [6, 6.07) is 9.30. The van der Waals surface area contributed by atoms with Gasteiger partial charge in [-0.25, -0.2) is 0 Å². The third-order valence-electron chi connectivity index (χ3n) is 4.36. The Labute approximate surface area is 124 Å². The van der Waals surface area contributed by atoms with Gasteiger partial charge in [0.15, 0.2) is 0 Å². The molecule has 0 saturated heterocycles. The van der Waals surface area contributed by atoms with Gasteiger partial charge in [-0.2, -0.15) is 0 Å². The van der Waals surface area contributed by atoms with Gasteiger partial charge >= 0.3 is 0 Å². The fourth-order valence-corrected chi connectivity index (χ4v) is 3.17. The second-order valence-corrected chi connectivity index (χ2v) is 6.57. The lowest BCUT2D eigenvalue weighted by Crippen LogP contribution is -2.21. The SMILES string of the molecule is CC(C)CCCCCCNC1CC(N)c2ccccc21. The molecule has 0 aliphatic heterocycles. The van der Waals surface area contributed by atoms with E-state index in [0.717, 1.165) is 18.9 Å². The Morgan fingerprint density at radius 3 is 2.55 bits per heavy atom. The molecule has 2 heteroatoms. The Bertz CT molecular complexity index is 400. The van der Waals surface area contributed by atoms with Crippen LogP contribution in [0, 0.1) is 5.92 Å². The lowest BCUT2D eigenvalue weighted by molar-refractivity contribution is 0.471. The van der Waals surface area contributed by atoms with Crippen LogP contribution in [-0.2, 0) is 0 Å². The molecule has 0 radical (unpaired) electrons. The van der Waals surface area contributed by atoms with Crippen LogP contribution in [-0.4, -0.2) is 6.54 Å². The van der Waals surface area contributed by atoms with Crippen LogP contribution < -0.4 is 11.1 Å². The number of nitrogens with two attached hydrogens (primary N) is 1. The predicted octanol–water partition coefficient (Wildman–Crippen LogP) is 4.33. The molecule has 2 rings (SSSR count). The van der Waals surface area contributed by atoms with Crippen molar-refractivity contribution in [1.29, 1.82) is 0 Å². The summed E-state index contributed by atoms with van der Waals surface area (Å²) in [5, 5.41) is 3.69. The molecule has 1 aliphatic rings. The molecule has 0 bridgehead atoms. The highest BCUT2D eigenvalue weighted by Gasteiger charge is 2.27. The molecule has 0 aromatic heterocycles. The van der Waals surface area contributed by atoms with E-state index in [1.165, 1.54) is 43.2 Å². The Balaban J connectivity index is 1.64. The van der Waals surface area contributed by atoms with Crippen LogP contribution >= 0.6 is 0 Å². The monoisotopic (exact) mass is 274 g/mol. The Morgan fingerprint density at radius 2 is 1.80 bits per heavy atom. The van der Waals surface area contributed by atoms with E-state index in [2.05, 4.69) is 43.4 Å². The molecule has 1 aromatic carbocycles. The molecule has 1 aromatic rings. The first-order valence-electron chi connectivity index (χ1n) is 8.26. The lowest BCUT2D eigenvalue weighted by atomic mass is 10.0. The van der Waals surface area contributed by atoms with E-state index in [-0.39, 0.29) is 6.04 Å². The maximum atomic E-state index is 6.19. The van der Waals surface area contributed by atoms with Crippen molar-refractivity contribution in [1.82, 2.24) is 5.32 Å². The number of unbranched alkanes of at least 4 members (excludes halogenated alkanes) is 3. The van der Waals surface area contributed by atoms with E-state index in [4.69, 9.17) is 5.73 Å². The Kier molecular flexibility index (Phi) is 6.06. The fourth-order valence-electron chi connectivity index (χ4n) is 3.17.